The molecule has 5 heteroatoms. The minimum absolute atomic E-state index is 0.102. The summed E-state index contributed by atoms with van der Waals surface area (Å²) in [4.78, 5) is 10.8. The van der Waals surface area contributed by atoms with Crippen molar-refractivity contribution < 1.29 is 14.4 Å². The third kappa shape index (κ3) is 1.86. The zero-order valence-electron chi connectivity index (χ0n) is 11.4. The van der Waals surface area contributed by atoms with Gasteiger partial charge in [-0.15, -0.1) is 0 Å². The molecule has 0 bridgehead atoms. The molecule has 0 radical (unpaired) electrons. The molecule has 1 aliphatic carbocycles. The third-order valence-electron chi connectivity index (χ3n) is 3.72. The van der Waals surface area contributed by atoms with Gasteiger partial charge in [0.1, 0.15) is 0 Å². The molecule has 1 saturated carbocycles. The second-order valence-corrected chi connectivity index (χ2v) is 4.93. The van der Waals surface area contributed by atoms with Gasteiger partial charge in [-0.2, -0.15) is 0 Å². The molecule has 0 saturated heterocycles. The van der Waals surface area contributed by atoms with Crippen LogP contribution in [-0.4, -0.2) is 19.1 Å². The molecule has 0 unspecified atom stereocenters. The van der Waals surface area contributed by atoms with E-state index in [1.807, 2.05) is 6.07 Å². The average molecular weight is 273 g/mol. The molecule has 20 heavy (non-hydrogen) atoms. The van der Waals surface area contributed by atoms with Crippen LogP contribution in [0.1, 0.15) is 24.3 Å². The van der Waals surface area contributed by atoms with Crippen LogP contribution in [0.4, 0.5) is 5.69 Å². The van der Waals surface area contributed by atoms with Crippen LogP contribution in [0.2, 0.25) is 0 Å². The van der Waals surface area contributed by atoms with Gasteiger partial charge in [-0.05, 0) is 30.2 Å². The van der Waals surface area contributed by atoms with Crippen LogP contribution < -0.4 is 9.47 Å². The minimum atomic E-state index is -0.356. The minimum Gasteiger partial charge on any atom is -0.493 e. The molecule has 0 aliphatic heterocycles. The Morgan fingerprint density at radius 2 is 1.95 bits per heavy atom. The number of non-ortho nitro benzene ring substituents is 1. The first-order valence-electron chi connectivity index (χ1n) is 6.49. The van der Waals surface area contributed by atoms with Crippen molar-refractivity contribution >= 4 is 16.5 Å². The van der Waals surface area contributed by atoms with Crippen LogP contribution in [0.3, 0.4) is 0 Å². The van der Waals surface area contributed by atoms with Gasteiger partial charge in [0.15, 0.2) is 11.5 Å². The maximum atomic E-state index is 11.2. The van der Waals surface area contributed by atoms with E-state index in [9.17, 15) is 10.1 Å². The lowest BCUT2D eigenvalue weighted by atomic mass is 9.98. The van der Waals surface area contributed by atoms with Gasteiger partial charge in [0.2, 0.25) is 0 Å². The standard InChI is InChI=1S/C15H15NO4/c1-19-13-8-11-10(4-3-5-12(11)16(17)18)14(9-6-7-9)15(13)20-2/h3-5,8-9H,6-7H2,1-2H3. The van der Waals surface area contributed by atoms with Gasteiger partial charge in [0.25, 0.3) is 5.69 Å². The summed E-state index contributed by atoms with van der Waals surface area (Å²) >= 11 is 0. The molecule has 2 aromatic carbocycles. The summed E-state index contributed by atoms with van der Waals surface area (Å²) in [5.74, 6) is 1.66. The molecule has 0 N–H and O–H groups in total. The molecular weight excluding hydrogens is 258 g/mol. The molecule has 3 rings (SSSR count). The topological polar surface area (TPSA) is 61.6 Å². The van der Waals surface area contributed by atoms with Crippen molar-refractivity contribution in [3.8, 4) is 11.5 Å². The molecular formula is C15H15NO4. The predicted molar refractivity (Wildman–Crippen MR) is 75.7 cm³/mol. The number of fused-ring (bicyclic) bond motifs is 1. The Kier molecular flexibility index (Phi) is 2.97. The van der Waals surface area contributed by atoms with Crippen molar-refractivity contribution in [1.29, 1.82) is 0 Å². The smallest absolute Gasteiger partial charge is 0.277 e. The van der Waals surface area contributed by atoms with Crippen molar-refractivity contribution in [2.45, 2.75) is 18.8 Å². The molecule has 0 spiro atoms. The summed E-state index contributed by atoms with van der Waals surface area (Å²) in [6.45, 7) is 0. The summed E-state index contributed by atoms with van der Waals surface area (Å²) in [6, 6.07) is 6.85. The Labute approximate surface area is 116 Å². The van der Waals surface area contributed by atoms with Crippen LogP contribution in [0.25, 0.3) is 10.8 Å². The van der Waals surface area contributed by atoms with Crippen LogP contribution in [-0.2, 0) is 0 Å². The average Bonchev–Trinajstić information content (AvgIpc) is 3.28. The second kappa shape index (κ2) is 4.67. The Hall–Kier alpha value is -2.30. The number of hydrogen-bond acceptors (Lipinski definition) is 4. The zero-order valence-corrected chi connectivity index (χ0v) is 11.4. The fraction of sp³-hybridized carbons (Fsp3) is 0.333. The summed E-state index contributed by atoms with van der Waals surface area (Å²) in [5.41, 5.74) is 1.14. The third-order valence-corrected chi connectivity index (χ3v) is 3.72. The number of benzene rings is 2. The van der Waals surface area contributed by atoms with E-state index < -0.39 is 0 Å². The largest absolute Gasteiger partial charge is 0.493 e. The first kappa shape index (κ1) is 12.7. The van der Waals surface area contributed by atoms with E-state index in [1.54, 1.807) is 26.4 Å². The lowest BCUT2D eigenvalue weighted by Crippen LogP contribution is -1.98. The predicted octanol–water partition coefficient (Wildman–Crippen LogP) is 3.64. The van der Waals surface area contributed by atoms with Gasteiger partial charge in [-0.1, -0.05) is 12.1 Å². The summed E-state index contributed by atoms with van der Waals surface area (Å²) in [7, 11) is 3.15. The van der Waals surface area contributed by atoms with Gasteiger partial charge in [-0.3, -0.25) is 10.1 Å². The molecule has 5 nitrogen and oxygen atoms in total. The van der Waals surface area contributed by atoms with E-state index in [0.717, 1.165) is 23.8 Å². The van der Waals surface area contributed by atoms with Crippen molar-refractivity contribution in [3.05, 3.63) is 39.9 Å². The number of ether oxygens (including phenoxy) is 2. The van der Waals surface area contributed by atoms with Crippen molar-refractivity contribution in [2.75, 3.05) is 14.2 Å². The highest BCUT2D eigenvalue weighted by molar-refractivity contribution is 5.97. The van der Waals surface area contributed by atoms with Crippen LogP contribution >= 0.6 is 0 Å². The van der Waals surface area contributed by atoms with Gasteiger partial charge < -0.3 is 9.47 Å². The second-order valence-electron chi connectivity index (χ2n) is 4.93. The number of hydrogen-bond donors (Lipinski definition) is 0. The highest BCUT2D eigenvalue weighted by atomic mass is 16.6. The number of rotatable bonds is 4. The van der Waals surface area contributed by atoms with E-state index >= 15 is 0 Å². The van der Waals surface area contributed by atoms with E-state index in [1.165, 1.54) is 6.07 Å². The van der Waals surface area contributed by atoms with Crippen molar-refractivity contribution in [1.82, 2.24) is 0 Å². The summed E-state index contributed by atoms with van der Waals surface area (Å²) in [5, 5.41) is 12.7. The maximum Gasteiger partial charge on any atom is 0.277 e. The van der Waals surface area contributed by atoms with E-state index in [0.29, 0.717) is 22.8 Å². The Bertz CT molecular complexity index is 692. The highest BCUT2D eigenvalue weighted by Crippen LogP contribution is 2.51. The first-order valence-corrected chi connectivity index (χ1v) is 6.49. The van der Waals surface area contributed by atoms with Crippen LogP contribution in [0, 0.1) is 10.1 Å². The Balaban J connectivity index is 2.40. The van der Waals surface area contributed by atoms with Gasteiger partial charge in [0, 0.05) is 11.6 Å². The molecule has 0 heterocycles. The lowest BCUT2D eigenvalue weighted by Gasteiger charge is -2.15. The van der Waals surface area contributed by atoms with E-state index in [2.05, 4.69) is 0 Å². The summed E-state index contributed by atoms with van der Waals surface area (Å²) < 4.78 is 10.8. The fourth-order valence-corrected chi connectivity index (χ4v) is 2.69. The molecule has 0 amide bonds. The number of nitro benzene ring substituents is 1. The van der Waals surface area contributed by atoms with Gasteiger partial charge in [0.05, 0.1) is 24.5 Å². The maximum absolute atomic E-state index is 11.2. The van der Waals surface area contributed by atoms with Crippen LogP contribution in [0.15, 0.2) is 24.3 Å². The van der Waals surface area contributed by atoms with Crippen molar-refractivity contribution in [2.24, 2.45) is 0 Å². The van der Waals surface area contributed by atoms with E-state index in [4.69, 9.17) is 9.47 Å². The number of methoxy groups -OCH3 is 2. The summed E-state index contributed by atoms with van der Waals surface area (Å²) in [6.07, 6.45) is 2.17. The van der Waals surface area contributed by atoms with Crippen molar-refractivity contribution in [3.63, 3.8) is 0 Å². The molecule has 0 aromatic heterocycles. The molecule has 2 aromatic rings. The van der Waals surface area contributed by atoms with Gasteiger partial charge >= 0.3 is 0 Å². The SMILES string of the molecule is COc1cc2c([N+](=O)[O-])cccc2c(C2CC2)c1OC. The molecule has 1 aliphatic rings. The monoisotopic (exact) mass is 273 g/mol. The zero-order chi connectivity index (χ0) is 14.3. The quantitative estimate of drug-likeness (QED) is 0.630. The molecule has 0 atom stereocenters. The van der Waals surface area contributed by atoms with E-state index in [-0.39, 0.29) is 10.6 Å². The fourth-order valence-electron chi connectivity index (χ4n) is 2.69. The van der Waals surface area contributed by atoms with Crippen LogP contribution in [0.5, 0.6) is 11.5 Å². The Morgan fingerprint density at radius 3 is 2.50 bits per heavy atom. The highest BCUT2D eigenvalue weighted by Gasteiger charge is 2.32. The van der Waals surface area contributed by atoms with Gasteiger partial charge in [-0.25, -0.2) is 0 Å². The first-order chi connectivity index (χ1) is 9.67. The molecule has 1 fully saturated rings. The normalized spacial score (nSPS) is 14.3. The lowest BCUT2D eigenvalue weighted by molar-refractivity contribution is -0.383. The number of nitrogens with zero attached hydrogens (tertiary/aromatic N) is 1. The number of nitro groups is 1. The molecule has 104 valence electrons. The Morgan fingerprint density at radius 1 is 1.20 bits per heavy atom.